The maximum Gasteiger partial charge on any atom is 0.0471 e. The van der Waals surface area contributed by atoms with Gasteiger partial charge in [-0.2, -0.15) is 0 Å². The molecule has 2 nitrogen and oxygen atoms in total. The van der Waals surface area contributed by atoms with Crippen molar-refractivity contribution in [2.45, 2.75) is 12.8 Å². The molecule has 4 heteroatoms. The van der Waals surface area contributed by atoms with Crippen molar-refractivity contribution < 1.29 is 10.2 Å². The lowest BCUT2D eigenvalue weighted by molar-refractivity contribution is 0.299. The maximum absolute atomic E-state index is 8.64. The van der Waals surface area contributed by atoms with Gasteiger partial charge in [0.15, 0.2) is 0 Å². The predicted molar refractivity (Wildman–Crippen MR) is 94.9 cm³/mol. The summed E-state index contributed by atoms with van der Waals surface area (Å²) < 4.78 is 2.30. The average molecular weight is 449 g/mol. The monoisotopic (exact) mass is 448 g/mol. The molecular weight excluding hydrogens is 431 g/mol. The Balaban J connectivity index is 0.000000200. The summed E-state index contributed by atoms with van der Waals surface area (Å²) in [5, 5.41) is 17.3. The van der Waals surface area contributed by atoms with Gasteiger partial charge in [0, 0.05) is 21.3 Å². The van der Waals surface area contributed by atoms with E-state index >= 15 is 0 Å². The van der Waals surface area contributed by atoms with Crippen LogP contribution in [0.2, 0.25) is 0 Å². The first-order valence-corrected chi connectivity index (χ1v) is 8.24. The summed E-state index contributed by atoms with van der Waals surface area (Å²) in [6.07, 6.45) is 1.49. The van der Waals surface area contributed by atoms with E-state index in [1.807, 2.05) is 48.5 Å². The van der Waals surface area contributed by atoms with E-state index in [0.29, 0.717) is 0 Å². The molecule has 0 aromatic heterocycles. The van der Waals surface area contributed by atoms with Gasteiger partial charge in [0.2, 0.25) is 0 Å². The first kappa shape index (κ1) is 17.6. The van der Waals surface area contributed by atoms with Crippen LogP contribution in [0.15, 0.2) is 53.0 Å². The normalized spacial score (nSPS) is 9.80. The second-order valence-electron chi connectivity index (χ2n) is 4.13. The first-order valence-electron chi connectivity index (χ1n) is 6.37. The van der Waals surface area contributed by atoms with Crippen molar-refractivity contribution >= 4 is 38.5 Å². The molecule has 0 aliphatic carbocycles. The van der Waals surface area contributed by atoms with Crippen LogP contribution in [0.1, 0.15) is 11.1 Å². The van der Waals surface area contributed by atoms with Gasteiger partial charge >= 0.3 is 0 Å². The van der Waals surface area contributed by atoms with Crippen LogP contribution in [-0.4, -0.2) is 23.4 Å². The second kappa shape index (κ2) is 10.3. The van der Waals surface area contributed by atoms with Crippen molar-refractivity contribution in [2.24, 2.45) is 0 Å². The van der Waals surface area contributed by atoms with E-state index in [2.05, 4.69) is 38.5 Å². The molecule has 2 N–H and O–H groups in total. The molecule has 2 aromatic carbocycles. The minimum atomic E-state index is 0.211. The molecular formula is C16H18BrIO2. The fourth-order valence-electron chi connectivity index (χ4n) is 1.64. The highest BCUT2D eigenvalue weighted by Gasteiger charge is 1.95. The molecule has 0 bridgehead atoms. The van der Waals surface area contributed by atoms with E-state index in [9.17, 15) is 0 Å². The molecule has 0 atom stereocenters. The third-order valence-electron chi connectivity index (χ3n) is 2.68. The Bertz CT molecular complexity index is 470. The predicted octanol–water partition coefficient (Wildman–Crippen LogP) is 3.81. The van der Waals surface area contributed by atoms with Gasteiger partial charge in [-0.05, 0) is 58.7 Å². The SMILES string of the molecule is OCCc1ccccc1Br.OCCc1ccccc1I. The van der Waals surface area contributed by atoms with E-state index in [1.54, 1.807) is 0 Å². The Morgan fingerprint density at radius 2 is 1.30 bits per heavy atom. The van der Waals surface area contributed by atoms with Gasteiger partial charge in [-0.1, -0.05) is 52.3 Å². The molecule has 0 aliphatic rings. The van der Waals surface area contributed by atoms with Crippen LogP contribution in [0, 0.1) is 3.57 Å². The number of rotatable bonds is 4. The number of halogens is 2. The van der Waals surface area contributed by atoms with Crippen LogP contribution >= 0.6 is 38.5 Å². The van der Waals surface area contributed by atoms with Gasteiger partial charge in [0.25, 0.3) is 0 Å². The number of hydrogen-bond acceptors (Lipinski definition) is 2. The zero-order chi connectivity index (χ0) is 14.8. The molecule has 0 spiro atoms. The molecule has 0 unspecified atom stereocenters. The molecule has 2 aromatic rings. The zero-order valence-electron chi connectivity index (χ0n) is 11.1. The number of benzene rings is 2. The Hall–Kier alpha value is -0.430. The summed E-state index contributed by atoms with van der Waals surface area (Å²) >= 11 is 5.66. The van der Waals surface area contributed by atoms with Crippen LogP contribution < -0.4 is 0 Å². The van der Waals surface area contributed by atoms with E-state index in [1.165, 1.54) is 9.13 Å². The molecule has 20 heavy (non-hydrogen) atoms. The molecule has 0 saturated heterocycles. The fourth-order valence-corrected chi connectivity index (χ4v) is 2.78. The van der Waals surface area contributed by atoms with Gasteiger partial charge in [0.05, 0.1) is 0 Å². The number of hydrogen-bond donors (Lipinski definition) is 2. The molecule has 2 rings (SSSR count). The molecule has 0 fully saturated rings. The molecule has 108 valence electrons. The summed E-state index contributed by atoms with van der Waals surface area (Å²) in [5.74, 6) is 0. The number of aliphatic hydroxyl groups excluding tert-OH is 2. The van der Waals surface area contributed by atoms with Crippen LogP contribution in [0.5, 0.6) is 0 Å². The van der Waals surface area contributed by atoms with Gasteiger partial charge in [-0.15, -0.1) is 0 Å². The average Bonchev–Trinajstić information content (AvgIpc) is 2.45. The van der Waals surface area contributed by atoms with Crippen molar-refractivity contribution in [1.29, 1.82) is 0 Å². The highest BCUT2D eigenvalue weighted by Crippen LogP contribution is 2.15. The molecule has 0 heterocycles. The lowest BCUT2D eigenvalue weighted by Crippen LogP contribution is -1.92. The summed E-state index contributed by atoms with van der Waals surface area (Å²) in [4.78, 5) is 0. The van der Waals surface area contributed by atoms with Crippen molar-refractivity contribution in [3.63, 3.8) is 0 Å². The summed E-state index contributed by atoms with van der Waals surface area (Å²) in [5.41, 5.74) is 2.38. The molecule has 0 amide bonds. The zero-order valence-corrected chi connectivity index (χ0v) is 14.8. The minimum Gasteiger partial charge on any atom is -0.396 e. The van der Waals surface area contributed by atoms with E-state index in [4.69, 9.17) is 10.2 Å². The Morgan fingerprint density at radius 3 is 1.85 bits per heavy atom. The quantitative estimate of drug-likeness (QED) is 0.698. The number of aliphatic hydroxyl groups is 2. The standard InChI is InChI=1S/C8H9BrO.C8H9IO/c2*9-8-4-2-1-3-7(8)5-6-10/h2*1-4,10H,5-6H2. The van der Waals surface area contributed by atoms with Gasteiger partial charge in [0.1, 0.15) is 0 Å². The topological polar surface area (TPSA) is 40.5 Å². The lowest BCUT2D eigenvalue weighted by atomic mass is 10.2. The highest BCUT2D eigenvalue weighted by atomic mass is 127. The largest absolute Gasteiger partial charge is 0.396 e. The minimum absolute atomic E-state index is 0.211. The Morgan fingerprint density at radius 1 is 0.800 bits per heavy atom. The van der Waals surface area contributed by atoms with Crippen LogP contribution in [0.3, 0.4) is 0 Å². The van der Waals surface area contributed by atoms with Gasteiger partial charge in [-0.25, -0.2) is 0 Å². The van der Waals surface area contributed by atoms with Crippen LogP contribution in [0.25, 0.3) is 0 Å². The van der Waals surface area contributed by atoms with Gasteiger partial charge in [-0.3, -0.25) is 0 Å². The van der Waals surface area contributed by atoms with Crippen molar-refractivity contribution in [2.75, 3.05) is 13.2 Å². The Labute approximate surface area is 142 Å². The smallest absolute Gasteiger partial charge is 0.0471 e. The van der Waals surface area contributed by atoms with Gasteiger partial charge < -0.3 is 10.2 Å². The van der Waals surface area contributed by atoms with Crippen molar-refractivity contribution in [3.05, 3.63) is 67.7 Å². The molecule has 0 aliphatic heterocycles. The Kier molecular flexibility index (Phi) is 9.09. The second-order valence-corrected chi connectivity index (χ2v) is 6.15. The van der Waals surface area contributed by atoms with E-state index < -0.39 is 0 Å². The molecule has 0 saturated carbocycles. The third kappa shape index (κ3) is 6.35. The fraction of sp³-hybridized carbons (Fsp3) is 0.250. The molecule has 0 radical (unpaired) electrons. The summed E-state index contributed by atoms with van der Waals surface area (Å²) in [7, 11) is 0. The van der Waals surface area contributed by atoms with Crippen molar-refractivity contribution in [1.82, 2.24) is 0 Å². The van der Waals surface area contributed by atoms with Crippen molar-refractivity contribution in [3.8, 4) is 0 Å². The lowest BCUT2D eigenvalue weighted by Gasteiger charge is -1.99. The van der Waals surface area contributed by atoms with E-state index in [-0.39, 0.29) is 13.2 Å². The summed E-state index contributed by atoms with van der Waals surface area (Å²) in [6, 6.07) is 16.0. The first-order chi connectivity index (χ1) is 9.69. The highest BCUT2D eigenvalue weighted by molar-refractivity contribution is 14.1. The summed E-state index contributed by atoms with van der Waals surface area (Å²) in [6.45, 7) is 0.447. The maximum atomic E-state index is 8.64. The third-order valence-corrected chi connectivity index (χ3v) is 4.50. The van der Waals surface area contributed by atoms with E-state index in [0.717, 1.165) is 22.9 Å². The van der Waals surface area contributed by atoms with Crippen LogP contribution in [0.4, 0.5) is 0 Å². The van der Waals surface area contributed by atoms with Crippen LogP contribution in [-0.2, 0) is 12.8 Å².